The first-order valence-corrected chi connectivity index (χ1v) is 4.31. The van der Waals surface area contributed by atoms with Crippen molar-refractivity contribution < 1.29 is 0 Å². The summed E-state index contributed by atoms with van der Waals surface area (Å²) in [6.45, 7) is 9.95. The van der Waals surface area contributed by atoms with Crippen molar-refractivity contribution >= 4 is 23.0 Å². The number of thiocarbonyl (C=S) groups is 1. The Morgan fingerprint density at radius 3 is 2.08 bits per heavy atom. The van der Waals surface area contributed by atoms with Gasteiger partial charge in [-0.1, -0.05) is 0 Å². The summed E-state index contributed by atoms with van der Waals surface area (Å²) in [6.07, 6.45) is 0. The van der Waals surface area contributed by atoms with E-state index in [1.807, 2.05) is 34.6 Å². The first-order valence-electron chi connectivity index (χ1n) is 3.90. The molecule has 0 rings (SSSR count). The van der Waals surface area contributed by atoms with Crippen molar-refractivity contribution in [3.63, 3.8) is 0 Å². The highest BCUT2D eigenvalue weighted by atomic mass is 32.1. The molecule has 0 amide bonds. The van der Waals surface area contributed by atoms with Crippen molar-refractivity contribution in [1.82, 2.24) is 10.7 Å². The van der Waals surface area contributed by atoms with Crippen LogP contribution in [0.5, 0.6) is 0 Å². The van der Waals surface area contributed by atoms with Crippen molar-refractivity contribution in [3.8, 4) is 0 Å². The standard InChI is InChI=1S/C8H17N3S/c1-6(2)10-11-7(12)9-8(3,4)5/h1-5H3,(H2,9,11,12). The van der Waals surface area contributed by atoms with Gasteiger partial charge in [-0.15, -0.1) is 0 Å². The van der Waals surface area contributed by atoms with E-state index in [-0.39, 0.29) is 5.54 Å². The molecule has 0 aromatic rings. The lowest BCUT2D eigenvalue weighted by atomic mass is 10.1. The Morgan fingerprint density at radius 2 is 1.75 bits per heavy atom. The molecule has 0 atom stereocenters. The zero-order chi connectivity index (χ0) is 9.78. The summed E-state index contributed by atoms with van der Waals surface area (Å²) >= 11 is 4.99. The van der Waals surface area contributed by atoms with Gasteiger partial charge in [0.1, 0.15) is 0 Å². The molecule has 0 aliphatic heterocycles. The van der Waals surface area contributed by atoms with Crippen molar-refractivity contribution in [2.45, 2.75) is 40.2 Å². The molecule has 3 nitrogen and oxygen atoms in total. The smallest absolute Gasteiger partial charge is 0.187 e. The number of nitrogens with one attached hydrogen (secondary N) is 2. The van der Waals surface area contributed by atoms with Gasteiger partial charge in [0, 0.05) is 11.3 Å². The Labute approximate surface area is 79.6 Å². The maximum atomic E-state index is 4.99. The van der Waals surface area contributed by atoms with Crippen molar-refractivity contribution in [2.75, 3.05) is 0 Å². The SMILES string of the molecule is CC(C)=NNC(=S)NC(C)(C)C. The average molecular weight is 187 g/mol. The topological polar surface area (TPSA) is 36.4 Å². The Morgan fingerprint density at radius 1 is 1.25 bits per heavy atom. The lowest BCUT2D eigenvalue weighted by molar-refractivity contribution is 0.508. The van der Waals surface area contributed by atoms with Crippen molar-refractivity contribution in [1.29, 1.82) is 0 Å². The van der Waals surface area contributed by atoms with E-state index in [4.69, 9.17) is 12.2 Å². The molecular weight excluding hydrogens is 170 g/mol. The fourth-order valence-corrected chi connectivity index (χ4v) is 0.883. The van der Waals surface area contributed by atoms with Gasteiger partial charge in [-0.3, -0.25) is 5.43 Å². The Bertz CT molecular complexity index is 187. The summed E-state index contributed by atoms with van der Waals surface area (Å²) in [5.41, 5.74) is 3.69. The summed E-state index contributed by atoms with van der Waals surface area (Å²) in [4.78, 5) is 0. The normalized spacial score (nSPS) is 10.4. The number of rotatable bonds is 1. The van der Waals surface area contributed by atoms with Crippen LogP contribution < -0.4 is 10.7 Å². The Balaban J connectivity index is 3.84. The van der Waals surface area contributed by atoms with Gasteiger partial charge in [0.05, 0.1) is 0 Å². The van der Waals surface area contributed by atoms with Crippen LogP contribution in [0.1, 0.15) is 34.6 Å². The van der Waals surface area contributed by atoms with Crippen LogP contribution in [0.4, 0.5) is 0 Å². The van der Waals surface area contributed by atoms with Gasteiger partial charge in [-0.05, 0) is 46.8 Å². The predicted octanol–water partition coefficient (Wildman–Crippen LogP) is 1.64. The predicted molar refractivity (Wildman–Crippen MR) is 57.4 cm³/mol. The maximum Gasteiger partial charge on any atom is 0.187 e. The average Bonchev–Trinajstić information content (AvgIpc) is 1.79. The summed E-state index contributed by atoms with van der Waals surface area (Å²) in [5, 5.41) is 7.62. The van der Waals surface area contributed by atoms with E-state index in [1.54, 1.807) is 0 Å². The number of hydrogen-bond donors (Lipinski definition) is 2. The molecule has 0 aromatic heterocycles. The summed E-state index contributed by atoms with van der Waals surface area (Å²) in [6, 6.07) is 0. The largest absolute Gasteiger partial charge is 0.357 e. The minimum atomic E-state index is -0.0126. The lowest BCUT2D eigenvalue weighted by Gasteiger charge is -2.21. The van der Waals surface area contributed by atoms with Gasteiger partial charge in [-0.2, -0.15) is 5.10 Å². The molecule has 0 fully saturated rings. The Kier molecular flexibility index (Phi) is 4.17. The van der Waals surface area contributed by atoms with Crippen molar-refractivity contribution in [3.05, 3.63) is 0 Å². The Hall–Kier alpha value is -0.640. The molecule has 2 N–H and O–H groups in total. The van der Waals surface area contributed by atoms with Gasteiger partial charge >= 0.3 is 0 Å². The molecule has 0 saturated carbocycles. The fourth-order valence-electron chi connectivity index (χ4n) is 0.531. The molecule has 4 heteroatoms. The number of hydrogen-bond acceptors (Lipinski definition) is 2. The highest BCUT2D eigenvalue weighted by molar-refractivity contribution is 7.80. The van der Waals surface area contributed by atoms with Gasteiger partial charge in [0.15, 0.2) is 5.11 Å². The molecule has 12 heavy (non-hydrogen) atoms. The first-order chi connectivity index (χ1) is 5.31. The summed E-state index contributed by atoms with van der Waals surface area (Å²) in [7, 11) is 0. The third kappa shape index (κ3) is 7.47. The minimum absolute atomic E-state index is 0.0126. The van der Waals surface area contributed by atoms with Crippen LogP contribution in [-0.2, 0) is 0 Å². The van der Waals surface area contributed by atoms with Crippen LogP contribution in [0.3, 0.4) is 0 Å². The second kappa shape index (κ2) is 4.40. The highest BCUT2D eigenvalue weighted by Crippen LogP contribution is 1.97. The van der Waals surface area contributed by atoms with E-state index in [1.165, 1.54) is 0 Å². The molecule has 0 radical (unpaired) electrons. The summed E-state index contributed by atoms with van der Waals surface area (Å²) < 4.78 is 0. The third-order valence-corrected chi connectivity index (χ3v) is 1.06. The van der Waals surface area contributed by atoms with Crippen LogP contribution in [0, 0.1) is 0 Å². The maximum absolute atomic E-state index is 4.99. The molecule has 0 bridgehead atoms. The molecule has 0 heterocycles. The third-order valence-electron chi connectivity index (χ3n) is 0.870. The van der Waals surface area contributed by atoms with Crippen LogP contribution >= 0.6 is 12.2 Å². The molecule has 0 spiro atoms. The number of hydrazone groups is 1. The minimum Gasteiger partial charge on any atom is -0.357 e. The van der Waals surface area contributed by atoms with E-state index < -0.39 is 0 Å². The van der Waals surface area contributed by atoms with Crippen LogP contribution in [-0.4, -0.2) is 16.4 Å². The van der Waals surface area contributed by atoms with Gasteiger partial charge in [0.2, 0.25) is 0 Å². The second-order valence-electron chi connectivity index (χ2n) is 3.87. The van der Waals surface area contributed by atoms with Gasteiger partial charge in [0.25, 0.3) is 0 Å². The quantitative estimate of drug-likeness (QED) is 0.372. The molecule has 0 aromatic carbocycles. The van der Waals surface area contributed by atoms with E-state index in [2.05, 4.69) is 15.8 Å². The van der Waals surface area contributed by atoms with Crippen molar-refractivity contribution in [2.24, 2.45) is 5.10 Å². The van der Waals surface area contributed by atoms with E-state index in [0.29, 0.717) is 5.11 Å². The van der Waals surface area contributed by atoms with E-state index in [0.717, 1.165) is 5.71 Å². The van der Waals surface area contributed by atoms with Crippen LogP contribution in [0.2, 0.25) is 0 Å². The molecule has 0 aliphatic carbocycles. The van der Waals surface area contributed by atoms with Crippen LogP contribution in [0.25, 0.3) is 0 Å². The fraction of sp³-hybridized carbons (Fsp3) is 0.750. The van der Waals surface area contributed by atoms with Gasteiger partial charge < -0.3 is 5.32 Å². The lowest BCUT2D eigenvalue weighted by Crippen LogP contribution is -2.44. The highest BCUT2D eigenvalue weighted by Gasteiger charge is 2.09. The molecule has 0 unspecified atom stereocenters. The first kappa shape index (κ1) is 11.4. The van der Waals surface area contributed by atoms with E-state index in [9.17, 15) is 0 Å². The zero-order valence-electron chi connectivity index (χ0n) is 8.36. The molecular formula is C8H17N3S. The van der Waals surface area contributed by atoms with Gasteiger partial charge in [-0.25, -0.2) is 0 Å². The second-order valence-corrected chi connectivity index (χ2v) is 4.28. The van der Waals surface area contributed by atoms with Crippen LogP contribution in [0.15, 0.2) is 5.10 Å². The monoisotopic (exact) mass is 187 g/mol. The molecule has 0 aliphatic rings. The zero-order valence-corrected chi connectivity index (χ0v) is 9.17. The number of nitrogens with zero attached hydrogens (tertiary/aromatic N) is 1. The van der Waals surface area contributed by atoms with E-state index >= 15 is 0 Å². The molecule has 0 saturated heterocycles. The molecule has 70 valence electrons. The summed E-state index contributed by atoms with van der Waals surface area (Å²) in [5.74, 6) is 0.